The standard InChI is InChI=1S/C20H27N5O2.ClH/c1-24-11-17(23-13-24)12-25-9-15-4-3-5-16(10-25)20(15,27-2)14-6-7-22-18(8-14)19(21)26;/h6-8,11,13,15-16H,3-5,9-10,12H2,1-2H3,(H2,21,26);1H/t15-,16+,20?;. The molecule has 1 amide bonds. The van der Waals surface area contributed by atoms with Crippen molar-refractivity contribution in [2.75, 3.05) is 20.2 Å². The molecule has 1 unspecified atom stereocenters. The van der Waals surface area contributed by atoms with Crippen LogP contribution in [0.25, 0.3) is 0 Å². The summed E-state index contributed by atoms with van der Waals surface area (Å²) in [5.41, 5.74) is 7.51. The fraction of sp³-hybridized carbons (Fsp3) is 0.550. The lowest BCUT2D eigenvalue weighted by atomic mass is 9.62. The summed E-state index contributed by atoms with van der Waals surface area (Å²) < 4.78 is 8.23. The van der Waals surface area contributed by atoms with Crippen LogP contribution in [0.3, 0.4) is 0 Å². The summed E-state index contributed by atoms with van der Waals surface area (Å²) in [5.74, 6) is 0.226. The number of pyridine rings is 1. The molecule has 3 heterocycles. The Morgan fingerprint density at radius 2 is 2.04 bits per heavy atom. The van der Waals surface area contributed by atoms with Gasteiger partial charge in [0.15, 0.2) is 0 Å². The van der Waals surface area contributed by atoms with Gasteiger partial charge in [0.25, 0.3) is 5.91 Å². The number of carbonyl (C=O) groups is 1. The lowest BCUT2D eigenvalue weighted by Gasteiger charge is -2.55. The van der Waals surface area contributed by atoms with Gasteiger partial charge in [-0.1, -0.05) is 6.42 Å². The van der Waals surface area contributed by atoms with Gasteiger partial charge in [-0.05, 0) is 30.5 Å². The first-order valence-corrected chi connectivity index (χ1v) is 9.53. The van der Waals surface area contributed by atoms with Crippen LogP contribution in [0.4, 0.5) is 0 Å². The molecule has 0 radical (unpaired) electrons. The molecule has 28 heavy (non-hydrogen) atoms. The Labute approximate surface area is 171 Å². The smallest absolute Gasteiger partial charge is 0.267 e. The molecule has 2 fully saturated rings. The monoisotopic (exact) mass is 405 g/mol. The van der Waals surface area contributed by atoms with Crippen LogP contribution < -0.4 is 5.73 Å². The van der Waals surface area contributed by atoms with Crippen LogP contribution in [-0.4, -0.2) is 45.5 Å². The number of methoxy groups -OCH3 is 1. The number of hydrogen-bond acceptors (Lipinski definition) is 5. The SMILES string of the molecule is COC1(c2ccnc(C(N)=O)c2)[C@@H]2CCC[C@H]1CN(Cc1cn(C)cn1)C2.Cl. The zero-order chi connectivity index (χ0) is 19.0. The van der Waals surface area contributed by atoms with Crippen LogP contribution in [0.2, 0.25) is 0 Å². The van der Waals surface area contributed by atoms with E-state index in [1.165, 1.54) is 6.42 Å². The van der Waals surface area contributed by atoms with Gasteiger partial charge in [0, 0.05) is 58.0 Å². The van der Waals surface area contributed by atoms with E-state index in [1.807, 2.05) is 30.1 Å². The Morgan fingerprint density at radius 3 is 2.61 bits per heavy atom. The van der Waals surface area contributed by atoms with Gasteiger partial charge in [-0.3, -0.25) is 14.7 Å². The highest BCUT2D eigenvalue weighted by atomic mass is 35.5. The fourth-order valence-electron chi connectivity index (χ4n) is 5.16. The van der Waals surface area contributed by atoms with E-state index in [0.717, 1.165) is 43.7 Å². The van der Waals surface area contributed by atoms with E-state index < -0.39 is 5.91 Å². The summed E-state index contributed by atoms with van der Waals surface area (Å²) in [6, 6.07) is 3.81. The van der Waals surface area contributed by atoms with E-state index in [4.69, 9.17) is 10.5 Å². The molecule has 1 saturated heterocycles. The van der Waals surface area contributed by atoms with Gasteiger partial charge in [0.2, 0.25) is 0 Å². The molecule has 4 rings (SSSR count). The molecule has 1 saturated carbocycles. The molecule has 8 heteroatoms. The van der Waals surface area contributed by atoms with Gasteiger partial charge in [0.1, 0.15) is 11.3 Å². The van der Waals surface area contributed by atoms with Gasteiger partial charge >= 0.3 is 0 Å². The number of nitrogens with two attached hydrogens (primary N) is 1. The second-order valence-electron chi connectivity index (χ2n) is 7.84. The predicted octanol–water partition coefficient (Wildman–Crippen LogP) is 2.11. The first-order chi connectivity index (χ1) is 13.0. The third-order valence-electron chi connectivity index (χ3n) is 6.22. The highest BCUT2D eigenvalue weighted by Crippen LogP contribution is 2.51. The fourth-order valence-corrected chi connectivity index (χ4v) is 5.16. The van der Waals surface area contributed by atoms with Crippen molar-refractivity contribution in [1.82, 2.24) is 19.4 Å². The topological polar surface area (TPSA) is 86.3 Å². The largest absolute Gasteiger partial charge is 0.373 e. The number of carbonyl (C=O) groups excluding carboxylic acids is 1. The minimum absolute atomic E-state index is 0. The van der Waals surface area contributed by atoms with E-state index in [1.54, 1.807) is 13.3 Å². The summed E-state index contributed by atoms with van der Waals surface area (Å²) in [6.07, 6.45) is 9.03. The van der Waals surface area contributed by atoms with Gasteiger partial charge in [-0.15, -0.1) is 12.4 Å². The molecule has 152 valence electrons. The number of halogens is 1. The van der Waals surface area contributed by atoms with E-state index in [9.17, 15) is 4.79 Å². The van der Waals surface area contributed by atoms with Gasteiger partial charge in [0.05, 0.1) is 12.0 Å². The number of hydrogen-bond donors (Lipinski definition) is 1. The van der Waals surface area contributed by atoms with Crippen molar-refractivity contribution in [2.24, 2.45) is 24.6 Å². The Hall–Kier alpha value is -1.96. The Bertz CT molecular complexity index is 826. The van der Waals surface area contributed by atoms with Crippen molar-refractivity contribution in [3.05, 3.63) is 47.8 Å². The summed E-state index contributed by atoms with van der Waals surface area (Å²) >= 11 is 0. The molecular weight excluding hydrogens is 378 g/mol. The molecule has 7 nitrogen and oxygen atoms in total. The van der Waals surface area contributed by atoms with Crippen molar-refractivity contribution >= 4 is 18.3 Å². The van der Waals surface area contributed by atoms with Gasteiger partial charge in [-0.2, -0.15) is 0 Å². The van der Waals surface area contributed by atoms with Crippen molar-refractivity contribution in [1.29, 1.82) is 0 Å². The van der Waals surface area contributed by atoms with Gasteiger partial charge in [-0.25, -0.2) is 4.98 Å². The summed E-state index contributed by atoms with van der Waals surface area (Å²) in [5, 5.41) is 0. The summed E-state index contributed by atoms with van der Waals surface area (Å²) in [7, 11) is 3.79. The van der Waals surface area contributed by atoms with Crippen LogP contribution in [0.15, 0.2) is 30.9 Å². The molecule has 3 atom stereocenters. The molecule has 2 aromatic rings. The third kappa shape index (κ3) is 3.54. The highest BCUT2D eigenvalue weighted by Gasteiger charge is 2.53. The average Bonchev–Trinajstić information content (AvgIpc) is 3.06. The van der Waals surface area contributed by atoms with E-state index >= 15 is 0 Å². The maximum Gasteiger partial charge on any atom is 0.267 e. The lowest BCUT2D eigenvalue weighted by molar-refractivity contribution is -0.170. The van der Waals surface area contributed by atoms with Crippen molar-refractivity contribution in [3.63, 3.8) is 0 Å². The van der Waals surface area contributed by atoms with Crippen LogP contribution in [0.1, 0.15) is 41.0 Å². The number of primary amides is 1. The molecular formula is C20H28ClN5O2. The number of likely N-dealkylation sites (tertiary alicyclic amines) is 1. The highest BCUT2D eigenvalue weighted by molar-refractivity contribution is 5.90. The summed E-state index contributed by atoms with van der Waals surface area (Å²) in [6.45, 7) is 2.76. The molecule has 2 aliphatic rings. The van der Waals surface area contributed by atoms with Crippen molar-refractivity contribution < 1.29 is 9.53 Å². The maximum atomic E-state index is 11.6. The van der Waals surface area contributed by atoms with Crippen molar-refractivity contribution in [3.8, 4) is 0 Å². The van der Waals surface area contributed by atoms with Crippen LogP contribution >= 0.6 is 12.4 Å². The molecule has 0 spiro atoms. The minimum Gasteiger partial charge on any atom is -0.373 e. The first-order valence-electron chi connectivity index (χ1n) is 9.53. The third-order valence-corrected chi connectivity index (χ3v) is 6.22. The van der Waals surface area contributed by atoms with Crippen LogP contribution in [0, 0.1) is 11.8 Å². The Balaban J connectivity index is 0.00000225. The normalized spacial score (nSPS) is 27.2. The maximum absolute atomic E-state index is 11.6. The Morgan fingerprint density at radius 1 is 1.32 bits per heavy atom. The number of aryl methyl sites for hydroxylation is 1. The number of rotatable bonds is 5. The second-order valence-corrected chi connectivity index (χ2v) is 7.84. The molecule has 0 aromatic carbocycles. The average molecular weight is 406 g/mol. The zero-order valence-electron chi connectivity index (χ0n) is 16.4. The second kappa shape index (κ2) is 8.19. The first kappa shape index (κ1) is 20.8. The Kier molecular flexibility index (Phi) is 6.07. The number of aromatic nitrogens is 3. The molecule has 2 bridgehead atoms. The molecule has 2 aromatic heterocycles. The number of nitrogens with zero attached hydrogens (tertiary/aromatic N) is 4. The number of piperidine rings is 1. The lowest BCUT2D eigenvalue weighted by Crippen LogP contribution is -2.58. The van der Waals surface area contributed by atoms with Crippen LogP contribution in [-0.2, 0) is 23.9 Å². The number of imidazole rings is 1. The van der Waals surface area contributed by atoms with E-state index in [-0.39, 0.29) is 18.0 Å². The molecule has 1 aliphatic carbocycles. The predicted molar refractivity (Wildman–Crippen MR) is 108 cm³/mol. The van der Waals surface area contributed by atoms with E-state index in [0.29, 0.717) is 17.5 Å². The molecule has 2 N–H and O–H groups in total. The zero-order valence-corrected chi connectivity index (χ0v) is 17.2. The van der Waals surface area contributed by atoms with Crippen LogP contribution in [0.5, 0.6) is 0 Å². The number of fused-ring (bicyclic) bond motifs is 2. The number of ether oxygens (including phenoxy) is 1. The minimum atomic E-state index is -0.499. The quantitative estimate of drug-likeness (QED) is 0.823. The molecule has 1 aliphatic heterocycles. The van der Waals surface area contributed by atoms with Gasteiger partial charge < -0.3 is 15.0 Å². The van der Waals surface area contributed by atoms with Crippen molar-refractivity contribution in [2.45, 2.75) is 31.4 Å². The van der Waals surface area contributed by atoms with E-state index in [2.05, 4.69) is 21.1 Å². The number of amides is 1. The summed E-state index contributed by atoms with van der Waals surface area (Å²) in [4.78, 5) is 22.7.